The Hall–Kier alpha value is -3.41. The van der Waals surface area contributed by atoms with Crippen molar-refractivity contribution in [3.05, 3.63) is 77.5 Å². The van der Waals surface area contributed by atoms with Crippen molar-refractivity contribution >= 4 is 12.2 Å². The summed E-state index contributed by atoms with van der Waals surface area (Å²) in [5.74, 6) is 0. The van der Waals surface area contributed by atoms with E-state index < -0.39 is 6.03 Å². The Morgan fingerprint density at radius 2 is 1.92 bits per heavy atom. The molecule has 25 heavy (non-hydrogen) atoms. The Kier molecular flexibility index (Phi) is 4.89. The zero-order valence-corrected chi connectivity index (χ0v) is 13.9. The first-order valence-electron chi connectivity index (χ1n) is 7.89. The molecule has 3 N–H and O–H groups in total. The van der Waals surface area contributed by atoms with Gasteiger partial charge in [0.25, 0.3) is 0 Å². The number of hydrazone groups is 1. The average Bonchev–Trinajstić information content (AvgIpc) is 2.99. The van der Waals surface area contributed by atoms with E-state index in [1.54, 1.807) is 6.21 Å². The maximum atomic E-state index is 10.8. The van der Waals surface area contributed by atoms with Crippen LogP contribution in [0, 0.1) is 6.92 Å². The number of amides is 2. The Bertz CT molecular complexity index is 882. The van der Waals surface area contributed by atoms with Crippen molar-refractivity contribution in [3.63, 3.8) is 0 Å². The predicted octanol–water partition coefficient (Wildman–Crippen LogP) is 2.91. The Balaban J connectivity index is 1.94. The van der Waals surface area contributed by atoms with Crippen LogP contribution in [0.25, 0.3) is 11.3 Å². The van der Waals surface area contributed by atoms with Gasteiger partial charge in [-0.2, -0.15) is 10.2 Å². The van der Waals surface area contributed by atoms with Gasteiger partial charge in [0.05, 0.1) is 12.8 Å². The fourth-order valence-electron chi connectivity index (χ4n) is 2.48. The third kappa shape index (κ3) is 4.32. The van der Waals surface area contributed by atoms with Gasteiger partial charge in [0, 0.05) is 17.3 Å². The lowest BCUT2D eigenvalue weighted by Crippen LogP contribution is -2.24. The van der Waals surface area contributed by atoms with E-state index in [2.05, 4.69) is 27.8 Å². The van der Waals surface area contributed by atoms with Crippen LogP contribution in [0.5, 0.6) is 0 Å². The van der Waals surface area contributed by atoms with Crippen molar-refractivity contribution in [2.24, 2.45) is 10.8 Å². The average molecular weight is 333 g/mol. The van der Waals surface area contributed by atoms with Gasteiger partial charge in [0.1, 0.15) is 5.69 Å². The first-order valence-corrected chi connectivity index (χ1v) is 7.89. The molecule has 0 aliphatic heterocycles. The first-order chi connectivity index (χ1) is 12.1. The fourth-order valence-corrected chi connectivity index (χ4v) is 2.48. The summed E-state index contributed by atoms with van der Waals surface area (Å²) in [6.07, 6.45) is 3.45. The predicted molar refractivity (Wildman–Crippen MR) is 98.3 cm³/mol. The summed E-state index contributed by atoms with van der Waals surface area (Å²) < 4.78 is 1.86. The van der Waals surface area contributed by atoms with Crippen LogP contribution >= 0.6 is 0 Å². The monoisotopic (exact) mass is 333 g/mol. The number of rotatable bonds is 5. The molecule has 2 amide bonds. The quantitative estimate of drug-likeness (QED) is 0.556. The van der Waals surface area contributed by atoms with E-state index in [9.17, 15) is 4.79 Å². The second kappa shape index (κ2) is 7.44. The van der Waals surface area contributed by atoms with E-state index in [-0.39, 0.29) is 0 Å². The van der Waals surface area contributed by atoms with E-state index in [4.69, 9.17) is 5.73 Å². The van der Waals surface area contributed by atoms with Gasteiger partial charge in [-0.3, -0.25) is 4.68 Å². The van der Waals surface area contributed by atoms with Crippen LogP contribution in [-0.4, -0.2) is 22.0 Å². The number of carbonyl (C=O) groups is 1. The number of hydrogen-bond donors (Lipinski definition) is 2. The van der Waals surface area contributed by atoms with Crippen LogP contribution in [0.4, 0.5) is 4.79 Å². The van der Waals surface area contributed by atoms with Crippen molar-refractivity contribution in [3.8, 4) is 11.3 Å². The van der Waals surface area contributed by atoms with Gasteiger partial charge in [-0.05, 0) is 12.5 Å². The van der Waals surface area contributed by atoms with Crippen LogP contribution in [0.2, 0.25) is 0 Å². The van der Waals surface area contributed by atoms with E-state index >= 15 is 0 Å². The number of primary amides is 1. The third-order valence-electron chi connectivity index (χ3n) is 3.68. The molecule has 0 saturated carbocycles. The lowest BCUT2D eigenvalue weighted by Gasteiger charge is -2.02. The molecule has 0 saturated heterocycles. The maximum absolute atomic E-state index is 10.8. The van der Waals surface area contributed by atoms with Gasteiger partial charge in [-0.15, -0.1) is 0 Å². The molecule has 6 heteroatoms. The Labute approximate surface area is 146 Å². The highest BCUT2D eigenvalue weighted by Gasteiger charge is 2.10. The van der Waals surface area contributed by atoms with Gasteiger partial charge < -0.3 is 5.73 Å². The van der Waals surface area contributed by atoms with Crippen molar-refractivity contribution in [2.75, 3.05) is 0 Å². The van der Waals surface area contributed by atoms with Crippen molar-refractivity contribution in [2.45, 2.75) is 13.5 Å². The first kappa shape index (κ1) is 16.4. The molecular weight excluding hydrogens is 314 g/mol. The normalized spacial score (nSPS) is 10.9. The van der Waals surface area contributed by atoms with Gasteiger partial charge in [0.2, 0.25) is 0 Å². The number of nitrogens with one attached hydrogen (secondary N) is 1. The minimum atomic E-state index is -0.704. The standard InChI is InChI=1S/C19H19N5O/c1-14-7-9-16(10-8-14)18-17(11-21-22-19(20)25)13-24(23-18)12-15-5-3-2-4-6-15/h2-11,13H,12H2,1H3,(H3,20,22,25)/b21-11-. The molecule has 0 atom stereocenters. The SMILES string of the molecule is Cc1ccc(-c2nn(Cc3ccccc3)cc2/C=N\NC(N)=O)cc1. The smallest absolute Gasteiger partial charge is 0.332 e. The molecule has 0 fully saturated rings. The van der Waals surface area contributed by atoms with Gasteiger partial charge in [0.15, 0.2) is 0 Å². The second-order valence-electron chi connectivity index (χ2n) is 5.72. The minimum absolute atomic E-state index is 0.650. The number of urea groups is 1. The summed E-state index contributed by atoms with van der Waals surface area (Å²) in [5, 5.41) is 8.55. The Morgan fingerprint density at radius 1 is 1.20 bits per heavy atom. The van der Waals surface area contributed by atoms with Gasteiger partial charge in [-0.1, -0.05) is 60.2 Å². The highest BCUT2D eigenvalue weighted by Crippen LogP contribution is 2.22. The van der Waals surface area contributed by atoms with Crippen LogP contribution in [-0.2, 0) is 6.54 Å². The third-order valence-corrected chi connectivity index (χ3v) is 3.68. The molecule has 0 unspecified atom stereocenters. The van der Waals surface area contributed by atoms with E-state index in [1.165, 1.54) is 5.56 Å². The maximum Gasteiger partial charge on any atom is 0.332 e. The Morgan fingerprint density at radius 3 is 2.60 bits per heavy atom. The molecule has 126 valence electrons. The summed E-state index contributed by atoms with van der Waals surface area (Å²) >= 11 is 0. The number of nitrogens with zero attached hydrogens (tertiary/aromatic N) is 3. The van der Waals surface area contributed by atoms with E-state index in [1.807, 2.05) is 60.3 Å². The van der Waals surface area contributed by atoms with E-state index in [0.717, 1.165) is 22.4 Å². The summed E-state index contributed by atoms with van der Waals surface area (Å²) in [5.41, 5.74) is 12.2. The van der Waals surface area contributed by atoms with Crippen LogP contribution in [0.1, 0.15) is 16.7 Å². The summed E-state index contributed by atoms with van der Waals surface area (Å²) in [6, 6.07) is 17.5. The van der Waals surface area contributed by atoms with Crippen LogP contribution in [0.15, 0.2) is 65.9 Å². The highest BCUT2D eigenvalue weighted by atomic mass is 16.2. The molecular formula is C19H19N5O. The number of benzene rings is 2. The van der Waals surface area contributed by atoms with Gasteiger partial charge >= 0.3 is 6.03 Å². The number of aryl methyl sites for hydroxylation is 1. The van der Waals surface area contributed by atoms with E-state index in [0.29, 0.717) is 6.54 Å². The summed E-state index contributed by atoms with van der Waals surface area (Å²) in [6.45, 7) is 2.69. The lowest BCUT2D eigenvalue weighted by molar-refractivity contribution is 0.249. The molecule has 3 aromatic rings. The minimum Gasteiger partial charge on any atom is -0.350 e. The number of aromatic nitrogens is 2. The van der Waals surface area contributed by atoms with Crippen LogP contribution < -0.4 is 11.2 Å². The molecule has 0 bridgehead atoms. The largest absolute Gasteiger partial charge is 0.350 e. The molecule has 0 spiro atoms. The molecule has 2 aromatic carbocycles. The number of nitrogens with two attached hydrogens (primary N) is 1. The fraction of sp³-hybridized carbons (Fsp3) is 0.105. The molecule has 6 nitrogen and oxygen atoms in total. The zero-order chi connectivity index (χ0) is 17.6. The molecule has 3 rings (SSSR count). The molecule has 1 aromatic heterocycles. The molecule has 0 aliphatic rings. The zero-order valence-electron chi connectivity index (χ0n) is 13.9. The number of hydrogen-bond acceptors (Lipinski definition) is 3. The van der Waals surface area contributed by atoms with Crippen molar-refractivity contribution in [1.82, 2.24) is 15.2 Å². The van der Waals surface area contributed by atoms with Crippen LogP contribution in [0.3, 0.4) is 0 Å². The molecule has 1 heterocycles. The lowest BCUT2D eigenvalue weighted by atomic mass is 10.1. The van der Waals surface area contributed by atoms with Crippen molar-refractivity contribution in [1.29, 1.82) is 0 Å². The molecule has 0 aliphatic carbocycles. The van der Waals surface area contributed by atoms with Gasteiger partial charge in [-0.25, -0.2) is 10.2 Å². The molecule has 0 radical (unpaired) electrons. The van der Waals surface area contributed by atoms with Crippen molar-refractivity contribution < 1.29 is 4.79 Å². The summed E-state index contributed by atoms with van der Waals surface area (Å²) in [4.78, 5) is 10.8. The highest BCUT2D eigenvalue weighted by molar-refractivity contribution is 5.89. The number of carbonyl (C=O) groups excluding carboxylic acids is 1. The topological polar surface area (TPSA) is 85.3 Å². The second-order valence-corrected chi connectivity index (χ2v) is 5.72. The summed E-state index contributed by atoms with van der Waals surface area (Å²) in [7, 11) is 0.